The molecule has 0 aromatic carbocycles. The van der Waals surface area contributed by atoms with Crippen LogP contribution < -0.4 is 0 Å². The van der Waals surface area contributed by atoms with Crippen molar-refractivity contribution in [2.75, 3.05) is 5.75 Å². The van der Waals surface area contributed by atoms with Gasteiger partial charge in [-0.25, -0.2) is 0 Å². The van der Waals surface area contributed by atoms with Crippen LogP contribution in [0.4, 0.5) is 0 Å². The highest BCUT2D eigenvalue weighted by Crippen LogP contribution is 2.31. The maximum absolute atomic E-state index is 3.28. The Morgan fingerprint density at radius 1 is 1.83 bits per heavy atom. The molecule has 1 rings (SSSR count). The first-order valence-corrected chi connectivity index (χ1v) is 3.95. The van der Waals surface area contributed by atoms with E-state index in [1.54, 1.807) is 0 Å². The second-order valence-corrected chi connectivity index (χ2v) is 3.20. The Labute approximate surface area is 50.8 Å². The van der Waals surface area contributed by atoms with Crippen molar-refractivity contribution in [2.45, 2.75) is 11.7 Å². The number of thioether (sulfide) groups is 1. The SMILES string of the molecule is Br[CH]C1CCS1. The van der Waals surface area contributed by atoms with Crippen LogP contribution in [0.2, 0.25) is 0 Å². The van der Waals surface area contributed by atoms with Crippen LogP contribution in [0, 0.1) is 5.33 Å². The van der Waals surface area contributed by atoms with Crippen molar-refractivity contribution < 1.29 is 0 Å². The first-order chi connectivity index (χ1) is 2.93. The summed E-state index contributed by atoms with van der Waals surface area (Å²) >= 11 is 5.28. The van der Waals surface area contributed by atoms with Gasteiger partial charge in [-0.1, -0.05) is 15.9 Å². The van der Waals surface area contributed by atoms with E-state index in [2.05, 4.69) is 21.3 Å². The van der Waals surface area contributed by atoms with Crippen molar-refractivity contribution >= 4 is 27.7 Å². The summed E-state index contributed by atoms with van der Waals surface area (Å²) in [5.74, 6) is 1.35. The third-order valence-corrected chi connectivity index (χ3v) is 3.13. The zero-order valence-corrected chi connectivity index (χ0v) is 5.76. The quantitative estimate of drug-likeness (QED) is 0.574. The summed E-state index contributed by atoms with van der Waals surface area (Å²) in [5, 5.41) is 2.91. The molecule has 0 nitrogen and oxygen atoms in total. The minimum absolute atomic E-state index is 0.824. The van der Waals surface area contributed by atoms with E-state index in [0.29, 0.717) is 0 Å². The third-order valence-electron chi connectivity index (χ3n) is 0.875. The molecule has 0 aliphatic carbocycles. The average Bonchev–Trinajstić information content (AvgIpc) is 1.31. The molecule has 0 N–H and O–H groups in total. The summed E-state index contributed by atoms with van der Waals surface area (Å²) in [6.07, 6.45) is 1.37. The molecular weight excluding hydrogens is 160 g/mol. The van der Waals surface area contributed by atoms with Gasteiger partial charge in [-0.15, -0.1) is 0 Å². The number of rotatable bonds is 1. The summed E-state index contributed by atoms with van der Waals surface area (Å²) in [4.78, 5) is 0. The highest BCUT2D eigenvalue weighted by Gasteiger charge is 2.15. The van der Waals surface area contributed by atoms with Gasteiger partial charge in [0.15, 0.2) is 0 Å². The van der Waals surface area contributed by atoms with Crippen molar-refractivity contribution in [1.29, 1.82) is 0 Å². The zero-order valence-electron chi connectivity index (χ0n) is 3.36. The first kappa shape index (κ1) is 4.98. The summed E-state index contributed by atoms with van der Waals surface area (Å²) in [5.41, 5.74) is 0. The van der Waals surface area contributed by atoms with Gasteiger partial charge in [-0.05, 0) is 12.2 Å². The Hall–Kier alpha value is 0.830. The summed E-state index contributed by atoms with van der Waals surface area (Å²) in [6.45, 7) is 0. The van der Waals surface area contributed by atoms with Gasteiger partial charge in [0.1, 0.15) is 0 Å². The Kier molecular flexibility index (Phi) is 1.84. The molecule has 1 unspecified atom stereocenters. The number of hydrogen-bond donors (Lipinski definition) is 0. The molecule has 1 atom stereocenters. The van der Waals surface area contributed by atoms with Crippen molar-refractivity contribution in [3.05, 3.63) is 5.33 Å². The van der Waals surface area contributed by atoms with Gasteiger partial charge in [0.05, 0.1) is 0 Å². The maximum Gasteiger partial charge on any atom is 0.0400 e. The second kappa shape index (κ2) is 2.22. The van der Waals surface area contributed by atoms with E-state index in [1.807, 2.05) is 11.8 Å². The van der Waals surface area contributed by atoms with Crippen molar-refractivity contribution in [3.8, 4) is 0 Å². The largest absolute Gasteiger partial charge is 0.157 e. The van der Waals surface area contributed by atoms with Crippen LogP contribution in [0.5, 0.6) is 0 Å². The lowest BCUT2D eigenvalue weighted by Crippen LogP contribution is -2.12. The van der Waals surface area contributed by atoms with E-state index in [4.69, 9.17) is 0 Å². The molecule has 35 valence electrons. The van der Waals surface area contributed by atoms with E-state index in [-0.39, 0.29) is 0 Å². The van der Waals surface area contributed by atoms with Crippen LogP contribution >= 0.6 is 27.7 Å². The van der Waals surface area contributed by atoms with Crippen LogP contribution in [0.15, 0.2) is 0 Å². The molecular formula is C4H6BrS. The predicted octanol–water partition coefficient (Wildman–Crippen LogP) is 2.05. The first-order valence-electron chi connectivity index (χ1n) is 1.98. The third kappa shape index (κ3) is 0.909. The van der Waals surface area contributed by atoms with E-state index < -0.39 is 0 Å². The predicted molar refractivity (Wildman–Crippen MR) is 34.1 cm³/mol. The van der Waals surface area contributed by atoms with Gasteiger partial charge >= 0.3 is 0 Å². The van der Waals surface area contributed by atoms with Gasteiger partial charge in [-0.2, -0.15) is 11.8 Å². The molecule has 1 aliphatic heterocycles. The zero-order chi connectivity index (χ0) is 4.41. The van der Waals surface area contributed by atoms with Crippen LogP contribution in [0.3, 0.4) is 0 Å². The average molecular weight is 166 g/mol. The molecule has 0 saturated carbocycles. The van der Waals surface area contributed by atoms with Crippen molar-refractivity contribution in [3.63, 3.8) is 0 Å². The molecule has 0 aromatic rings. The molecule has 2 heteroatoms. The van der Waals surface area contributed by atoms with Gasteiger partial charge in [0, 0.05) is 10.6 Å². The highest BCUT2D eigenvalue weighted by molar-refractivity contribution is 9.10. The van der Waals surface area contributed by atoms with Gasteiger partial charge in [0.25, 0.3) is 0 Å². The van der Waals surface area contributed by atoms with Crippen LogP contribution in [-0.4, -0.2) is 11.0 Å². The topological polar surface area (TPSA) is 0 Å². The smallest absolute Gasteiger partial charge is 0.0400 e. The number of hydrogen-bond acceptors (Lipinski definition) is 1. The fraction of sp³-hybridized carbons (Fsp3) is 0.750. The molecule has 0 spiro atoms. The minimum atomic E-state index is 0.824. The molecule has 1 radical (unpaired) electrons. The summed E-state index contributed by atoms with van der Waals surface area (Å²) in [7, 11) is 0. The van der Waals surface area contributed by atoms with Crippen LogP contribution in [0.25, 0.3) is 0 Å². The summed E-state index contributed by atoms with van der Waals surface area (Å²) in [6, 6.07) is 0. The Balaban J connectivity index is 2.01. The van der Waals surface area contributed by atoms with Gasteiger partial charge < -0.3 is 0 Å². The van der Waals surface area contributed by atoms with Crippen molar-refractivity contribution in [2.24, 2.45) is 0 Å². The van der Waals surface area contributed by atoms with E-state index in [1.165, 1.54) is 12.2 Å². The Morgan fingerprint density at radius 3 is 2.50 bits per heavy atom. The summed E-state index contributed by atoms with van der Waals surface area (Å²) < 4.78 is 0. The number of halogens is 1. The van der Waals surface area contributed by atoms with E-state index in [0.717, 1.165) is 5.25 Å². The second-order valence-electron chi connectivity index (χ2n) is 1.32. The van der Waals surface area contributed by atoms with Crippen LogP contribution in [0.1, 0.15) is 6.42 Å². The molecule has 6 heavy (non-hydrogen) atoms. The fourth-order valence-electron chi connectivity index (χ4n) is 0.353. The van der Waals surface area contributed by atoms with Crippen molar-refractivity contribution in [1.82, 2.24) is 0 Å². The van der Waals surface area contributed by atoms with Crippen LogP contribution in [-0.2, 0) is 0 Å². The van der Waals surface area contributed by atoms with E-state index >= 15 is 0 Å². The molecule has 0 bridgehead atoms. The highest BCUT2D eigenvalue weighted by atomic mass is 79.9. The lowest BCUT2D eigenvalue weighted by Gasteiger charge is -2.21. The molecule has 1 aliphatic rings. The minimum Gasteiger partial charge on any atom is -0.157 e. The molecule has 0 aromatic heterocycles. The maximum atomic E-state index is 3.28. The fourth-order valence-corrected chi connectivity index (χ4v) is 1.66. The Bertz CT molecular complexity index is 40.1. The monoisotopic (exact) mass is 165 g/mol. The van der Waals surface area contributed by atoms with Gasteiger partial charge in [0.2, 0.25) is 0 Å². The van der Waals surface area contributed by atoms with E-state index in [9.17, 15) is 0 Å². The molecule has 1 saturated heterocycles. The van der Waals surface area contributed by atoms with Gasteiger partial charge in [-0.3, -0.25) is 0 Å². The molecule has 1 heterocycles. The molecule has 1 fully saturated rings. The standard InChI is InChI=1S/C4H6BrS/c5-3-4-1-2-6-4/h3-4H,1-2H2. The normalized spacial score (nSPS) is 32.5. The molecule has 0 amide bonds. The lowest BCUT2D eigenvalue weighted by molar-refractivity contribution is 0.919. The Morgan fingerprint density at radius 2 is 2.50 bits per heavy atom. The lowest BCUT2D eigenvalue weighted by atomic mass is 10.3.